The SMILES string of the molecule is CCCCCC(C)(CN)N(CC)c1ccc(F)cc1. The molecule has 1 rings (SSSR count). The molecular weight excluding hydrogens is 239 g/mol. The van der Waals surface area contributed by atoms with Crippen LogP contribution in [0.1, 0.15) is 46.5 Å². The summed E-state index contributed by atoms with van der Waals surface area (Å²) in [6.07, 6.45) is 4.70. The first-order valence-corrected chi connectivity index (χ1v) is 7.30. The van der Waals surface area contributed by atoms with Crippen LogP contribution in [-0.4, -0.2) is 18.6 Å². The maximum Gasteiger partial charge on any atom is 0.123 e. The normalized spacial score (nSPS) is 14.2. The average molecular weight is 266 g/mol. The van der Waals surface area contributed by atoms with Gasteiger partial charge in [-0.3, -0.25) is 0 Å². The zero-order chi connectivity index (χ0) is 14.3. The van der Waals surface area contributed by atoms with Crippen molar-refractivity contribution in [2.24, 2.45) is 5.73 Å². The number of benzene rings is 1. The van der Waals surface area contributed by atoms with Gasteiger partial charge in [-0.2, -0.15) is 0 Å². The van der Waals surface area contributed by atoms with E-state index in [1.807, 2.05) is 12.1 Å². The molecule has 0 saturated heterocycles. The van der Waals surface area contributed by atoms with Gasteiger partial charge in [0.1, 0.15) is 5.82 Å². The summed E-state index contributed by atoms with van der Waals surface area (Å²) in [4.78, 5) is 2.29. The molecule has 0 saturated carbocycles. The quantitative estimate of drug-likeness (QED) is 0.722. The van der Waals surface area contributed by atoms with Crippen LogP contribution in [0.4, 0.5) is 10.1 Å². The summed E-state index contributed by atoms with van der Waals surface area (Å²) in [6.45, 7) is 8.03. The Labute approximate surface area is 116 Å². The van der Waals surface area contributed by atoms with Crippen molar-refractivity contribution in [3.05, 3.63) is 30.1 Å². The third kappa shape index (κ3) is 4.20. The third-order valence-electron chi connectivity index (χ3n) is 3.86. The van der Waals surface area contributed by atoms with Crippen LogP contribution in [-0.2, 0) is 0 Å². The van der Waals surface area contributed by atoms with Crippen LogP contribution < -0.4 is 10.6 Å². The van der Waals surface area contributed by atoms with Gasteiger partial charge < -0.3 is 10.6 Å². The van der Waals surface area contributed by atoms with Crippen LogP contribution >= 0.6 is 0 Å². The Morgan fingerprint density at radius 1 is 1.16 bits per heavy atom. The van der Waals surface area contributed by atoms with E-state index in [1.165, 1.54) is 31.4 Å². The van der Waals surface area contributed by atoms with Crippen molar-refractivity contribution in [2.75, 3.05) is 18.0 Å². The van der Waals surface area contributed by atoms with E-state index in [1.54, 1.807) is 0 Å². The van der Waals surface area contributed by atoms with Gasteiger partial charge in [0.15, 0.2) is 0 Å². The summed E-state index contributed by atoms with van der Waals surface area (Å²) < 4.78 is 13.0. The molecule has 0 radical (unpaired) electrons. The standard InChI is InChI=1S/C16H27FN2/c1-4-6-7-12-16(3,13-18)19(5-2)15-10-8-14(17)9-11-15/h8-11H,4-7,12-13,18H2,1-3H3. The van der Waals surface area contributed by atoms with Crippen molar-refractivity contribution in [3.63, 3.8) is 0 Å². The van der Waals surface area contributed by atoms with Gasteiger partial charge in [0.2, 0.25) is 0 Å². The fourth-order valence-electron chi connectivity index (χ4n) is 2.60. The third-order valence-corrected chi connectivity index (χ3v) is 3.86. The summed E-state index contributed by atoms with van der Waals surface area (Å²) in [7, 11) is 0. The van der Waals surface area contributed by atoms with Gasteiger partial charge in [0, 0.05) is 24.3 Å². The topological polar surface area (TPSA) is 29.3 Å². The van der Waals surface area contributed by atoms with Crippen molar-refractivity contribution in [3.8, 4) is 0 Å². The summed E-state index contributed by atoms with van der Waals surface area (Å²) in [5, 5.41) is 0. The lowest BCUT2D eigenvalue weighted by atomic mass is 9.91. The van der Waals surface area contributed by atoms with E-state index in [2.05, 4.69) is 25.7 Å². The Morgan fingerprint density at radius 2 is 1.79 bits per heavy atom. The Morgan fingerprint density at radius 3 is 2.26 bits per heavy atom. The van der Waals surface area contributed by atoms with Crippen LogP contribution in [0.25, 0.3) is 0 Å². The van der Waals surface area contributed by atoms with E-state index < -0.39 is 0 Å². The van der Waals surface area contributed by atoms with Crippen molar-refractivity contribution in [1.29, 1.82) is 0 Å². The van der Waals surface area contributed by atoms with Gasteiger partial charge in [0.05, 0.1) is 0 Å². The van der Waals surface area contributed by atoms with E-state index in [9.17, 15) is 4.39 Å². The van der Waals surface area contributed by atoms with Crippen LogP contribution in [0.3, 0.4) is 0 Å². The lowest BCUT2D eigenvalue weighted by molar-refractivity contribution is 0.387. The molecule has 0 aliphatic carbocycles. The van der Waals surface area contributed by atoms with Gasteiger partial charge in [-0.25, -0.2) is 4.39 Å². The largest absolute Gasteiger partial charge is 0.365 e. The highest BCUT2D eigenvalue weighted by atomic mass is 19.1. The molecule has 1 aromatic rings. The molecule has 0 aliphatic rings. The predicted octanol–water partition coefficient (Wildman–Crippen LogP) is 3.95. The molecule has 0 aliphatic heterocycles. The number of anilines is 1. The molecule has 1 unspecified atom stereocenters. The fraction of sp³-hybridized carbons (Fsp3) is 0.625. The Balaban J connectivity index is 2.87. The second-order valence-corrected chi connectivity index (χ2v) is 5.38. The molecule has 2 N–H and O–H groups in total. The van der Waals surface area contributed by atoms with Crippen LogP contribution in [0.2, 0.25) is 0 Å². The minimum Gasteiger partial charge on any atom is -0.365 e. The molecule has 0 amide bonds. The molecule has 3 heteroatoms. The number of halogens is 1. The summed E-state index contributed by atoms with van der Waals surface area (Å²) in [6, 6.07) is 6.71. The molecule has 0 spiro atoms. The molecule has 1 aromatic carbocycles. The number of likely N-dealkylation sites (N-methyl/N-ethyl adjacent to an activating group) is 1. The zero-order valence-corrected chi connectivity index (χ0v) is 12.5. The monoisotopic (exact) mass is 266 g/mol. The smallest absolute Gasteiger partial charge is 0.123 e. The van der Waals surface area contributed by atoms with Crippen molar-refractivity contribution in [2.45, 2.75) is 52.0 Å². The van der Waals surface area contributed by atoms with Crippen molar-refractivity contribution < 1.29 is 4.39 Å². The van der Waals surface area contributed by atoms with Crippen molar-refractivity contribution in [1.82, 2.24) is 0 Å². The predicted molar refractivity (Wildman–Crippen MR) is 81.0 cm³/mol. The van der Waals surface area contributed by atoms with E-state index in [0.717, 1.165) is 18.7 Å². The lowest BCUT2D eigenvalue weighted by Crippen LogP contribution is -2.52. The molecule has 0 fully saturated rings. The number of hydrogen-bond acceptors (Lipinski definition) is 2. The summed E-state index contributed by atoms with van der Waals surface area (Å²) in [5.74, 6) is -0.194. The van der Waals surface area contributed by atoms with Gasteiger partial charge in [-0.1, -0.05) is 26.2 Å². The summed E-state index contributed by atoms with van der Waals surface area (Å²) in [5.41, 5.74) is 7.01. The highest BCUT2D eigenvalue weighted by Crippen LogP contribution is 2.28. The van der Waals surface area contributed by atoms with Gasteiger partial charge >= 0.3 is 0 Å². The second-order valence-electron chi connectivity index (χ2n) is 5.38. The first kappa shape index (κ1) is 16.0. The van der Waals surface area contributed by atoms with E-state index in [0.29, 0.717) is 6.54 Å². The molecular formula is C16H27FN2. The molecule has 108 valence electrons. The fourth-order valence-corrected chi connectivity index (χ4v) is 2.60. The Kier molecular flexibility index (Phi) is 6.29. The first-order valence-electron chi connectivity index (χ1n) is 7.30. The van der Waals surface area contributed by atoms with Gasteiger partial charge in [0.25, 0.3) is 0 Å². The average Bonchev–Trinajstić information content (AvgIpc) is 2.42. The molecule has 2 nitrogen and oxygen atoms in total. The lowest BCUT2D eigenvalue weighted by Gasteiger charge is -2.42. The number of hydrogen-bond donors (Lipinski definition) is 1. The molecule has 0 aromatic heterocycles. The maximum absolute atomic E-state index is 13.0. The van der Waals surface area contributed by atoms with Gasteiger partial charge in [-0.15, -0.1) is 0 Å². The minimum absolute atomic E-state index is 0.0538. The maximum atomic E-state index is 13.0. The van der Waals surface area contributed by atoms with Crippen LogP contribution in [0.15, 0.2) is 24.3 Å². The highest BCUT2D eigenvalue weighted by molar-refractivity contribution is 5.49. The number of nitrogens with zero attached hydrogens (tertiary/aromatic N) is 1. The molecule has 1 atom stereocenters. The van der Waals surface area contributed by atoms with E-state index in [4.69, 9.17) is 5.73 Å². The Bertz CT molecular complexity index is 364. The number of unbranched alkanes of at least 4 members (excludes halogenated alkanes) is 2. The zero-order valence-electron chi connectivity index (χ0n) is 12.5. The van der Waals surface area contributed by atoms with E-state index >= 15 is 0 Å². The minimum atomic E-state index is -0.194. The number of rotatable bonds is 8. The summed E-state index contributed by atoms with van der Waals surface area (Å²) >= 11 is 0. The molecule has 0 bridgehead atoms. The molecule has 19 heavy (non-hydrogen) atoms. The second kappa shape index (κ2) is 7.49. The van der Waals surface area contributed by atoms with E-state index in [-0.39, 0.29) is 11.4 Å². The Hall–Kier alpha value is -1.09. The molecule has 0 heterocycles. The van der Waals surface area contributed by atoms with Crippen LogP contribution in [0, 0.1) is 5.82 Å². The first-order chi connectivity index (χ1) is 9.07. The van der Waals surface area contributed by atoms with Gasteiger partial charge in [-0.05, 0) is 44.5 Å². The highest BCUT2D eigenvalue weighted by Gasteiger charge is 2.29. The van der Waals surface area contributed by atoms with Crippen LogP contribution in [0.5, 0.6) is 0 Å². The number of nitrogens with two attached hydrogens (primary N) is 1. The van der Waals surface area contributed by atoms with Crippen molar-refractivity contribution >= 4 is 5.69 Å².